The van der Waals surface area contributed by atoms with Crippen LogP contribution >= 0.6 is 11.3 Å². The predicted molar refractivity (Wildman–Crippen MR) is 143 cm³/mol. The van der Waals surface area contributed by atoms with Crippen LogP contribution in [0.5, 0.6) is 0 Å². The molecule has 0 unspecified atom stereocenters. The number of nitrogens with zero attached hydrogens (tertiary/aromatic N) is 1. The normalized spacial score (nSPS) is 15.3. The van der Waals surface area contributed by atoms with Crippen molar-refractivity contribution in [2.45, 2.75) is 13.3 Å². The van der Waals surface area contributed by atoms with Gasteiger partial charge in [-0.3, -0.25) is 14.3 Å². The first kappa shape index (κ1) is 26.4. The minimum atomic E-state index is -3.48. The highest BCUT2D eigenvalue weighted by Crippen LogP contribution is 2.36. The molecule has 1 atom stereocenters. The Morgan fingerprint density at radius 2 is 1.84 bits per heavy atom. The van der Waals surface area contributed by atoms with Crippen LogP contribution in [-0.2, 0) is 19.6 Å². The maximum absolute atomic E-state index is 13.1. The number of benzene rings is 2. The van der Waals surface area contributed by atoms with Crippen LogP contribution in [0.2, 0.25) is 0 Å². The van der Waals surface area contributed by atoms with Crippen LogP contribution < -0.4 is 10.0 Å². The van der Waals surface area contributed by atoms with E-state index in [1.807, 2.05) is 30.3 Å². The number of esters is 1. The van der Waals surface area contributed by atoms with Crippen molar-refractivity contribution < 1.29 is 27.5 Å². The Labute approximate surface area is 219 Å². The molecule has 0 aliphatic carbocycles. The smallest absolute Gasteiger partial charge is 0.341 e. The average molecular weight is 542 g/mol. The number of hydrogen-bond donors (Lipinski definition) is 2. The zero-order valence-corrected chi connectivity index (χ0v) is 22.0. The number of amides is 2. The number of likely N-dealkylation sites (tertiary alicyclic amines) is 1. The van der Waals surface area contributed by atoms with E-state index < -0.39 is 21.9 Å². The van der Waals surface area contributed by atoms with Crippen LogP contribution in [0.25, 0.3) is 10.4 Å². The van der Waals surface area contributed by atoms with Gasteiger partial charge in [-0.1, -0.05) is 36.4 Å². The molecule has 1 fully saturated rings. The Bertz CT molecular complexity index is 1420. The molecule has 1 aromatic heterocycles. The van der Waals surface area contributed by atoms with Crippen molar-refractivity contribution in [2.24, 2.45) is 5.92 Å². The van der Waals surface area contributed by atoms with Crippen molar-refractivity contribution in [1.82, 2.24) is 4.90 Å². The van der Waals surface area contributed by atoms with Crippen LogP contribution in [0.4, 0.5) is 10.7 Å². The van der Waals surface area contributed by atoms with Crippen LogP contribution in [0.15, 0.2) is 60.7 Å². The molecular weight excluding hydrogens is 514 g/mol. The minimum absolute atomic E-state index is 0.208. The molecule has 1 aliphatic rings. The molecule has 0 radical (unpaired) electrons. The molecule has 4 rings (SSSR count). The molecule has 37 heavy (non-hydrogen) atoms. The summed E-state index contributed by atoms with van der Waals surface area (Å²) in [5.41, 5.74) is 1.83. The third-order valence-corrected chi connectivity index (χ3v) is 7.49. The van der Waals surface area contributed by atoms with E-state index in [-0.39, 0.29) is 25.0 Å². The first-order valence-electron chi connectivity index (χ1n) is 11.7. The summed E-state index contributed by atoms with van der Waals surface area (Å²) < 4.78 is 30.6. The van der Waals surface area contributed by atoms with Gasteiger partial charge < -0.3 is 15.0 Å². The molecule has 11 heteroatoms. The highest BCUT2D eigenvalue weighted by Gasteiger charge is 2.32. The summed E-state index contributed by atoms with van der Waals surface area (Å²) in [5, 5.41) is 3.29. The van der Waals surface area contributed by atoms with E-state index in [4.69, 9.17) is 4.74 Å². The Hall–Kier alpha value is -3.70. The number of nitrogens with one attached hydrogen (secondary N) is 2. The SMILES string of the molecule is CCOC(=O)c1cc(-c2ccccc2)sc1NC(=O)[C@H]1CCN(C(=O)c2cccc(NS(C)(=O)=O)c2)C1. The number of carbonyl (C=O) groups excluding carboxylic acids is 3. The summed E-state index contributed by atoms with van der Waals surface area (Å²) in [6.45, 7) is 2.52. The molecule has 1 saturated heterocycles. The zero-order valence-electron chi connectivity index (χ0n) is 20.4. The van der Waals surface area contributed by atoms with Crippen LogP contribution in [0, 0.1) is 5.92 Å². The first-order valence-corrected chi connectivity index (χ1v) is 14.4. The van der Waals surface area contributed by atoms with E-state index in [1.165, 1.54) is 17.4 Å². The summed E-state index contributed by atoms with van der Waals surface area (Å²) >= 11 is 1.29. The van der Waals surface area contributed by atoms with E-state index in [2.05, 4.69) is 10.0 Å². The highest BCUT2D eigenvalue weighted by molar-refractivity contribution is 7.92. The molecule has 2 heterocycles. The third kappa shape index (κ3) is 6.55. The zero-order chi connectivity index (χ0) is 26.6. The van der Waals surface area contributed by atoms with Crippen molar-refractivity contribution in [3.8, 4) is 10.4 Å². The van der Waals surface area contributed by atoms with E-state index in [9.17, 15) is 22.8 Å². The number of thiophene rings is 1. The Balaban J connectivity index is 1.47. The number of carbonyl (C=O) groups is 3. The Kier molecular flexibility index (Phi) is 7.94. The summed E-state index contributed by atoms with van der Waals surface area (Å²) in [5.74, 6) is -1.54. The van der Waals surface area contributed by atoms with E-state index in [0.29, 0.717) is 34.8 Å². The second kappa shape index (κ2) is 11.1. The van der Waals surface area contributed by atoms with Gasteiger partial charge in [0.2, 0.25) is 15.9 Å². The van der Waals surface area contributed by atoms with E-state index in [1.54, 1.807) is 36.1 Å². The summed E-state index contributed by atoms with van der Waals surface area (Å²) in [6, 6.07) is 17.5. The fourth-order valence-electron chi connectivity index (χ4n) is 4.07. The summed E-state index contributed by atoms with van der Waals surface area (Å²) in [6.07, 6.45) is 1.50. The van der Waals surface area contributed by atoms with Crippen LogP contribution in [0.3, 0.4) is 0 Å². The lowest BCUT2D eigenvalue weighted by Gasteiger charge is -2.17. The minimum Gasteiger partial charge on any atom is -0.462 e. The molecule has 2 aromatic carbocycles. The largest absolute Gasteiger partial charge is 0.462 e. The van der Waals surface area contributed by atoms with Crippen LogP contribution in [-0.4, -0.2) is 57.1 Å². The van der Waals surface area contributed by atoms with Gasteiger partial charge in [0, 0.05) is 29.2 Å². The Morgan fingerprint density at radius 1 is 1.08 bits per heavy atom. The predicted octanol–water partition coefficient (Wildman–Crippen LogP) is 4.06. The maximum Gasteiger partial charge on any atom is 0.341 e. The number of ether oxygens (including phenoxy) is 1. The van der Waals surface area contributed by atoms with Gasteiger partial charge >= 0.3 is 5.97 Å². The van der Waals surface area contributed by atoms with Gasteiger partial charge in [0.05, 0.1) is 24.3 Å². The lowest BCUT2D eigenvalue weighted by molar-refractivity contribution is -0.119. The van der Waals surface area contributed by atoms with Crippen molar-refractivity contribution in [1.29, 1.82) is 0 Å². The maximum atomic E-state index is 13.1. The van der Waals surface area contributed by atoms with Gasteiger partial charge in [-0.2, -0.15) is 0 Å². The number of hydrogen-bond acceptors (Lipinski definition) is 7. The number of rotatable bonds is 8. The monoisotopic (exact) mass is 541 g/mol. The first-order chi connectivity index (χ1) is 17.6. The second-order valence-electron chi connectivity index (χ2n) is 8.62. The molecule has 0 bridgehead atoms. The topological polar surface area (TPSA) is 122 Å². The molecule has 194 valence electrons. The summed E-state index contributed by atoms with van der Waals surface area (Å²) in [4.78, 5) is 41.1. The molecule has 0 saturated carbocycles. The fraction of sp³-hybridized carbons (Fsp3) is 0.269. The highest BCUT2D eigenvalue weighted by atomic mass is 32.2. The second-order valence-corrected chi connectivity index (χ2v) is 11.4. The number of sulfonamides is 1. The van der Waals surface area contributed by atoms with Crippen molar-refractivity contribution in [2.75, 3.05) is 36.0 Å². The summed E-state index contributed by atoms with van der Waals surface area (Å²) in [7, 11) is -3.48. The van der Waals surface area contributed by atoms with Crippen molar-refractivity contribution in [3.05, 3.63) is 71.8 Å². The molecule has 9 nitrogen and oxygen atoms in total. The average Bonchev–Trinajstić information content (AvgIpc) is 3.51. The van der Waals surface area contributed by atoms with Crippen LogP contribution in [0.1, 0.15) is 34.1 Å². The Morgan fingerprint density at radius 3 is 2.54 bits per heavy atom. The van der Waals surface area contributed by atoms with Gasteiger partial charge in [-0.05, 0) is 43.2 Å². The standard InChI is InChI=1S/C26H27N3O6S2/c1-3-35-26(32)21-15-22(17-8-5-4-6-9-17)36-24(21)27-23(30)19-12-13-29(16-19)25(31)18-10-7-11-20(14-18)28-37(2,33)34/h4-11,14-15,19,28H,3,12-13,16H2,1-2H3,(H,27,30)/t19-/m0/s1. The van der Waals surface area contributed by atoms with Gasteiger partial charge in [0.15, 0.2) is 0 Å². The molecule has 3 aromatic rings. The molecule has 0 spiro atoms. The molecule has 2 N–H and O–H groups in total. The molecular formula is C26H27N3O6S2. The van der Waals surface area contributed by atoms with Crippen molar-refractivity contribution in [3.63, 3.8) is 0 Å². The molecule has 1 aliphatic heterocycles. The van der Waals surface area contributed by atoms with E-state index in [0.717, 1.165) is 16.7 Å². The molecule has 2 amide bonds. The fourth-order valence-corrected chi connectivity index (χ4v) is 5.68. The van der Waals surface area contributed by atoms with Gasteiger partial charge in [-0.15, -0.1) is 11.3 Å². The van der Waals surface area contributed by atoms with E-state index >= 15 is 0 Å². The lowest BCUT2D eigenvalue weighted by atomic mass is 10.1. The van der Waals surface area contributed by atoms with Gasteiger partial charge in [0.25, 0.3) is 5.91 Å². The quantitative estimate of drug-likeness (QED) is 0.415. The van der Waals surface area contributed by atoms with Crippen molar-refractivity contribution >= 4 is 49.8 Å². The number of anilines is 2. The van der Waals surface area contributed by atoms with Gasteiger partial charge in [0.1, 0.15) is 5.00 Å². The lowest BCUT2D eigenvalue weighted by Crippen LogP contribution is -2.31. The third-order valence-electron chi connectivity index (χ3n) is 5.78. The van der Waals surface area contributed by atoms with Gasteiger partial charge in [-0.25, -0.2) is 13.2 Å².